The molecule has 16 heavy (non-hydrogen) atoms. The number of ether oxygens (including phenoxy) is 1. The van der Waals surface area contributed by atoms with Gasteiger partial charge in [-0.05, 0) is 11.6 Å². The molecule has 1 aliphatic heterocycles. The summed E-state index contributed by atoms with van der Waals surface area (Å²) in [6.07, 6.45) is -0.525. The molecule has 0 aliphatic carbocycles. The Morgan fingerprint density at radius 3 is 2.88 bits per heavy atom. The first-order valence-electron chi connectivity index (χ1n) is 4.45. The molecule has 1 N–H and O–H groups in total. The minimum atomic E-state index is -0.566. The van der Waals surface area contributed by atoms with E-state index >= 15 is 0 Å². The zero-order chi connectivity index (χ0) is 11.7. The molecule has 0 bridgehead atoms. The average molecular weight is 243 g/mol. The molecule has 0 spiro atoms. The van der Waals surface area contributed by atoms with Crippen molar-refractivity contribution in [2.45, 2.75) is 6.04 Å². The Morgan fingerprint density at radius 2 is 2.31 bits per heavy atom. The minimum absolute atomic E-state index is 0.0685. The van der Waals surface area contributed by atoms with Crippen molar-refractivity contribution in [3.8, 4) is 0 Å². The summed E-state index contributed by atoms with van der Waals surface area (Å²) in [5, 5.41) is 13.3. The molecule has 1 aromatic carbocycles. The molecule has 2 rings (SSSR count). The van der Waals surface area contributed by atoms with Crippen molar-refractivity contribution in [1.82, 2.24) is 5.32 Å². The van der Waals surface area contributed by atoms with E-state index in [1.807, 2.05) is 0 Å². The molecule has 0 aromatic heterocycles. The van der Waals surface area contributed by atoms with Crippen LogP contribution in [0.25, 0.3) is 0 Å². The number of nitro benzene ring substituents is 1. The summed E-state index contributed by atoms with van der Waals surface area (Å²) in [6, 6.07) is 4.03. The zero-order valence-corrected chi connectivity index (χ0v) is 8.73. The Balaban J connectivity index is 2.32. The van der Waals surface area contributed by atoms with E-state index < -0.39 is 11.0 Å². The Hall–Kier alpha value is -1.82. The number of rotatable bonds is 2. The number of carbonyl (C=O) groups excluding carboxylic acids is 1. The van der Waals surface area contributed by atoms with Crippen molar-refractivity contribution in [3.63, 3.8) is 0 Å². The third-order valence-electron chi connectivity index (χ3n) is 2.24. The molecule has 0 radical (unpaired) electrons. The number of nitro groups is 1. The Labute approximate surface area is 95.3 Å². The van der Waals surface area contributed by atoms with Crippen LogP contribution in [0.4, 0.5) is 10.5 Å². The van der Waals surface area contributed by atoms with E-state index in [9.17, 15) is 14.9 Å². The molecular formula is C9H7ClN2O4. The van der Waals surface area contributed by atoms with Gasteiger partial charge in [-0.3, -0.25) is 10.1 Å². The molecule has 1 atom stereocenters. The van der Waals surface area contributed by atoms with Gasteiger partial charge in [0, 0.05) is 6.07 Å². The van der Waals surface area contributed by atoms with Crippen molar-refractivity contribution in [1.29, 1.82) is 0 Å². The van der Waals surface area contributed by atoms with E-state index in [0.717, 1.165) is 0 Å². The number of amides is 1. The molecule has 1 aliphatic rings. The number of hydrogen-bond acceptors (Lipinski definition) is 4. The van der Waals surface area contributed by atoms with E-state index in [0.29, 0.717) is 5.56 Å². The van der Waals surface area contributed by atoms with Crippen LogP contribution in [0.1, 0.15) is 11.6 Å². The van der Waals surface area contributed by atoms with Crippen LogP contribution in [0.3, 0.4) is 0 Å². The fourth-order valence-electron chi connectivity index (χ4n) is 1.45. The SMILES string of the molecule is O=C1NC(c2ccc(Cl)c([N+](=O)[O-])c2)CO1. The van der Waals surface area contributed by atoms with Gasteiger partial charge in [0.05, 0.1) is 11.0 Å². The molecule has 1 aromatic rings. The van der Waals surface area contributed by atoms with Crippen molar-refractivity contribution in [3.05, 3.63) is 38.9 Å². The maximum Gasteiger partial charge on any atom is 0.407 e. The van der Waals surface area contributed by atoms with Gasteiger partial charge in [0.15, 0.2) is 0 Å². The van der Waals surface area contributed by atoms with Crippen LogP contribution in [0.5, 0.6) is 0 Å². The van der Waals surface area contributed by atoms with Gasteiger partial charge in [-0.2, -0.15) is 0 Å². The summed E-state index contributed by atoms with van der Waals surface area (Å²) >= 11 is 5.67. The Morgan fingerprint density at radius 1 is 1.56 bits per heavy atom. The van der Waals surface area contributed by atoms with E-state index in [4.69, 9.17) is 16.3 Å². The van der Waals surface area contributed by atoms with Crippen molar-refractivity contribution >= 4 is 23.4 Å². The molecular weight excluding hydrogens is 236 g/mol. The van der Waals surface area contributed by atoms with E-state index in [2.05, 4.69) is 5.32 Å². The monoisotopic (exact) mass is 242 g/mol. The van der Waals surface area contributed by atoms with Crippen molar-refractivity contribution in [2.75, 3.05) is 6.61 Å². The average Bonchev–Trinajstić information content (AvgIpc) is 2.65. The smallest absolute Gasteiger partial charge is 0.407 e. The topological polar surface area (TPSA) is 81.5 Å². The summed E-state index contributed by atoms with van der Waals surface area (Å²) in [7, 11) is 0. The molecule has 1 saturated heterocycles. The van der Waals surface area contributed by atoms with Crippen molar-refractivity contribution < 1.29 is 14.5 Å². The quantitative estimate of drug-likeness (QED) is 0.635. The lowest BCUT2D eigenvalue weighted by Crippen LogP contribution is -2.18. The third kappa shape index (κ3) is 1.92. The number of nitrogens with zero attached hydrogens (tertiary/aromatic N) is 1. The normalized spacial score (nSPS) is 19.1. The highest BCUT2D eigenvalue weighted by molar-refractivity contribution is 6.32. The number of halogens is 1. The van der Waals surface area contributed by atoms with Crippen LogP contribution in [-0.4, -0.2) is 17.6 Å². The lowest BCUT2D eigenvalue weighted by atomic mass is 10.1. The molecule has 0 saturated carbocycles. The van der Waals surface area contributed by atoms with Gasteiger partial charge in [0.1, 0.15) is 11.6 Å². The van der Waals surface area contributed by atoms with Gasteiger partial charge in [-0.15, -0.1) is 0 Å². The van der Waals surface area contributed by atoms with Crippen LogP contribution in [0.15, 0.2) is 18.2 Å². The fraction of sp³-hybridized carbons (Fsp3) is 0.222. The zero-order valence-electron chi connectivity index (χ0n) is 7.97. The molecule has 1 fully saturated rings. The largest absolute Gasteiger partial charge is 0.447 e. The van der Waals surface area contributed by atoms with Gasteiger partial charge in [-0.25, -0.2) is 4.79 Å². The molecule has 1 heterocycles. The molecule has 1 unspecified atom stereocenters. The number of alkyl carbamates (subject to hydrolysis) is 1. The second-order valence-electron chi connectivity index (χ2n) is 3.26. The highest BCUT2D eigenvalue weighted by Gasteiger charge is 2.25. The van der Waals surface area contributed by atoms with Gasteiger partial charge in [0.25, 0.3) is 5.69 Å². The van der Waals surface area contributed by atoms with E-state index in [1.54, 1.807) is 6.07 Å². The lowest BCUT2D eigenvalue weighted by molar-refractivity contribution is -0.384. The highest BCUT2D eigenvalue weighted by atomic mass is 35.5. The van der Waals surface area contributed by atoms with Crippen LogP contribution < -0.4 is 5.32 Å². The van der Waals surface area contributed by atoms with Crippen molar-refractivity contribution in [2.24, 2.45) is 0 Å². The summed E-state index contributed by atoms with van der Waals surface area (Å²) in [5.74, 6) is 0. The molecule has 6 nitrogen and oxygen atoms in total. The molecule has 84 valence electrons. The first-order chi connectivity index (χ1) is 7.58. The Bertz CT molecular complexity index is 463. The van der Waals surface area contributed by atoms with Gasteiger partial charge in [-0.1, -0.05) is 17.7 Å². The number of hydrogen-bond donors (Lipinski definition) is 1. The first kappa shape index (κ1) is 10.7. The maximum absolute atomic E-state index is 10.8. The molecule has 1 amide bonds. The number of cyclic esters (lactones) is 1. The van der Waals surface area contributed by atoms with Crippen LogP contribution in [0.2, 0.25) is 5.02 Å². The summed E-state index contributed by atoms with van der Waals surface area (Å²) in [5.41, 5.74) is 0.419. The summed E-state index contributed by atoms with van der Waals surface area (Å²) < 4.78 is 4.70. The third-order valence-corrected chi connectivity index (χ3v) is 2.56. The van der Waals surface area contributed by atoms with Gasteiger partial charge < -0.3 is 10.1 Å². The second kappa shape index (κ2) is 3.97. The van der Waals surface area contributed by atoms with Crippen LogP contribution in [-0.2, 0) is 4.74 Å². The number of benzene rings is 1. The predicted molar refractivity (Wildman–Crippen MR) is 55.3 cm³/mol. The fourth-order valence-corrected chi connectivity index (χ4v) is 1.64. The first-order valence-corrected chi connectivity index (χ1v) is 4.83. The van der Waals surface area contributed by atoms with Gasteiger partial charge in [0.2, 0.25) is 0 Å². The predicted octanol–water partition coefficient (Wildman–Crippen LogP) is 2.03. The van der Waals surface area contributed by atoms with E-state index in [1.165, 1.54) is 12.1 Å². The standard InChI is InChI=1S/C9H7ClN2O4/c10-6-2-1-5(3-8(6)12(14)15)7-4-16-9(13)11-7/h1-3,7H,4H2,(H,11,13). The number of carbonyl (C=O) groups is 1. The van der Waals surface area contributed by atoms with Crippen LogP contribution in [0, 0.1) is 10.1 Å². The summed E-state index contributed by atoms with van der Waals surface area (Å²) in [6.45, 7) is 0.164. The maximum atomic E-state index is 10.8. The number of nitrogens with one attached hydrogen (secondary N) is 1. The molecule has 7 heteroatoms. The Kier molecular flexibility index (Phi) is 2.66. The highest BCUT2D eigenvalue weighted by Crippen LogP contribution is 2.28. The second-order valence-corrected chi connectivity index (χ2v) is 3.67. The summed E-state index contributed by atoms with van der Waals surface area (Å²) in [4.78, 5) is 20.9. The van der Waals surface area contributed by atoms with Gasteiger partial charge >= 0.3 is 6.09 Å². The van der Waals surface area contributed by atoms with Crippen LogP contribution >= 0.6 is 11.6 Å². The lowest BCUT2D eigenvalue weighted by Gasteiger charge is -2.07. The van der Waals surface area contributed by atoms with E-state index in [-0.39, 0.29) is 23.4 Å². The minimum Gasteiger partial charge on any atom is -0.447 e.